The maximum atomic E-state index is 12.3. The van der Waals surface area contributed by atoms with E-state index in [0.29, 0.717) is 30.3 Å². The molecule has 2 heterocycles. The first kappa shape index (κ1) is 16.8. The minimum atomic E-state index is 0.0254. The molecular weight excluding hydrogens is 326 g/mol. The highest BCUT2D eigenvalue weighted by atomic mass is 32.2. The van der Waals surface area contributed by atoms with Crippen LogP contribution in [0.5, 0.6) is 0 Å². The minimum Gasteiger partial charge on any atom is -0.368 e. The van der Waals surface area contributed by atoms with Crippen LogP contribution in [0.1, 0.15) is 17.3 Å². The fourth-order valence-electron chi connectivity index (χ4n) is 2.92. The number of anilines is 1. The number of hydrogen-bond acceptors (Lipinski definition) is 5. The molecule has 3 rings (SSSR count). The number of rotatable bonds is 4. The van der Waals surface area contributed by atoms with Gasteiger partial charge in [0.15, 0.2) is 5.78 Å². The molecule has 0 aromatic heterocycles. The number of ketones is 1. The summed E-state index contributed by atoms with van der Waals surface area (Å²) in [7, 11) is 0. The van der Waals surface area contributed by atoms with Crippen molar-refractivity contribution in [2.24, 2.45) is 0 Å². The molecule has 0 atom stereocenters. The summed E-state index contributed by atoms with van der Waals surface area (Å²) < 4.78 is 0. The largest absolute Gasteiger partial charge is 0.368 e. The molecule has 2 aliphatic rings. The summed E-state index contributed by atoms with van der Waals surface area (Å²) in [6, 6.07) is 7.58. The van der Waals surface area contributed by atoms with Crippen LogP contribution in [0.4, 0.5) is 5.69 Å². The molecule has 0 spiro atoms. The van der Waals surface area contributed by atoms with Crippen molar-refractivity contribution in [3.05, 3.63) is 29.8 Å². The number of piperazine rings is 1. The molecule has 1 aromatic rings. The van der Waals surface area contributed by atoms with Gasteiger partial charge in [0.25, 0.3) is 0 Å². The van der Waals surface area contributed by atoms with E-state index < -0.39 is 0 Å². The van der Waals surface area contributed by atoms with Gasteiger partial charge in [-0.1, -0.05) is 0 Å². The zero-order valence-corrected chi connectivity index (χ0v) is 14.6. The van der Waals surface area contributed by atoms with Gasteiger partial charge < -0.3 is 14.7 Å². The molecular formula is C17H21N3O3S. The van der Waals surface area contributed by atoms with E-state index >= 15 is 0 Å². The van der Waals surface area contributed by atoms with Gasteiger partial charge in [0, 0.05) is 37.4 Å². The van der Waals surface area contributed by atoms with Crippen LogP contribution in [-0.2, 0) is 9.59 Å². The average molecular weight is 347 g/mol. The van der Waals surface area contributed by atoms with E-state index in [1.165, 1.54) is 0 Å². The number of thioether (sulfide) groups is 1. The lowest BCUT2D eigenvalue weighted by molar-refractivity contribution is -0.138. The van der Waals surface area contributed by atoms with Crippen LogP contribution in [0, 0.1) is 0 Å². The second kappa shape index (κ2) is 7.25. The lowest BCUT2D eigenvalue weighted by Crippen LogP contribution is -2.51. The van der Waals surface area contributed by atoms with Gasteiger partial charge in [0.2, 0.25) is 11.8 Å². The molecule has 0 radical (unpaired) electrons. The van der Waals surface area contributed by atoms with E-state index in [4.69, 9.17) is 0 Å². The molecule has 24 heavy (non-hydrogen) atoms. The summed E-state index contributed by atoms with van der Waals surface area (Å²) >= 11 is 1.55. The Balaban J connectivity index is 1.52. The molecule has 0 unspecified atom stereocenters. The Morgan fingerprint density at radius 2 is 1.75 bits per heavy atom. The second-order valence-electron chi connectivity index (χ2n) is 6.04. The number of carbonyl (C=O) groups excluding carboxylic acids is 3. The number of carbonyl (C=O) groups is 3. The average Bonchev–Trinajstić information content (AvgIpc) is 3.00. The molecule has 7 heteroatoms. The van der Waals surface area contributed by atoms with Crippen LogP contribution in [0.25, 0.3) is 0 Å². The molecule has 0 bridgehead atoms. The van der Waals surface area contributed by atoms with Crippen molar-refractivity contribution in [2.75, 3.05) is 49.3 Å². The van der Waals surface area contributed by atoms with Crippen molar-refractivity contribution >= 4 is 35.0 Å². The van der Waals surface area contributed by atoms with Crippen LogP contribution in [0.3, 0.4) is 0 Å². The fraction of sp³-hybridized carbons (Fsp3) is 0.471. The van der Waals surface area contributed by atoms with E-state index in [9.17, 15) is 14.4 Å². The zero-order chi connectivity index (χ0) is 17.1. The van der Waals surface area contributed by atoms with Crippen molar-refractivity contribution in [1.82, 2.24) is 9.80 Å². The lowest BCUT2D eigenvalue weighted by atomic mass is 10.1. The third-order valence-corrected chi connectivity index (χ3v) is 5.37. The first-order chi connectivity index (χ1) is 11.5. The smallest absolute Gasteiger partial charge is 0.242 e. The zero-order valence-electron chi connectivity index (χ0n) is 13.7. The molecule has 2 aliphatic heterocycles. The summed E-state index contributed by atoms with van der Waals surface area (Å²) in [4.78, 5) is 40.9. The Kier molecular flexibility index (Phi) is 5.08. The standard InChI is InChI=1S/C17H21N3O3S/c1-13(21)14-2-4-15(5-3-14)18-6-8-19(9-7-18)16(22)10-20-12-24-11-17(20)23/h2-5H,6-12H2,1H3. The first-order valence-corrected chi connectivity index (χ1v) is 9.19. The minimum absolute atomic E-state index is 0.0254. The predicted molar refractivity (Wildman–Crippen MR) is 94.3 cm³/mol. The van der Waals surface area contributed by atoms with Crippen molar-refractivity contribution in [2.45, 2.75) is 6.92 Å². The Hall–Kier alpha value is -2.02. The topological polar surface area (TPSA) is 60.9 Å². The normalized spacial score (nSPS) is 18.2. The third kappa shape index (κ3) is 3.72. The van der Waals surface area contributed by atoms with E-state index in [2.05, 4.69) is 4.90 Å². The quantitative estimate of drug-likeness (QED) is 0.763. The van der Waals surface area contributed by atoms with Gasteiger partial charge in [-0.3, -0.25) is 14.4 Å². The lowest BCUT2D eigenvalue weighted by Gasteiger charge is -2.36. The molecule has 6 nitrogen and oxygen atoms in total. The SMILES string of the molecule is CC(=O)c1ccc(N2CCN(C(=O)CN3CSCC3=O)CC2)cc1. The molecule has 2 saturated heterocycles. The maximum Gasteiger partial charge on any atom is 0.242 e. The van der Waals surface area contributed by atoms with Gasteiger partial charge in [0.1, 0.15) is 6.54 Å². The number of benzene rings is 1. The Labute approximate surface area is 145 Å². The number of Topliss-reactive ketones (excluding diaryl/α,β-unsaturated/α-hetero) is 1. The molecule has 128 valence electrons. The highest BCUT2D eigenvalue weighted by molar-refractivity contribution is 8.00. The van der Waals surface area contributed by atoms with Crippen LogP contribution >= 0.6 is 11.8 Å². The van der Waals surface area contributed by atoms with Crippen molar-refractivity contribution < 1.29 is 14.4 Å². The summed E-state index contributed by atoms with van der Waals surface area (Å²) in [5.74, 6) is 1.24. The van der Waals surface area contributed by atoms with Gasteiger partial charge in [-0.05, 0) is 31.2 Å². The van der Waals surface area contributed by atoms with Crippen LogP contribution in [0.2, 0.25) is 0 Å². The summed E-state index contributed by atoms with van der Waals surface area (Å²) in [5.41, 5.74) is 1.78. The third-order valence-electron chi connectivity index (χ3n) is 4.42. The van der Waals surface area contributed by atoms with E-state index in [1.807, 2.05) is 29.2 Å². The Morgan fingerprint density at radius 1 is 1.08 bits per heavy atom. The van der Waals surface area contributed by atoms with Crippen LogP contribution < -0.4 is 4.90 Å². The molecule has 0 aliphatic carbocycles. The van der Waals surface area contributed by atoms with Gasteiger partial charge in [-0.25, -0.2) is 0 Å². The molecule has 1 aromatic carbocycles. The number of amides is 2. The highest BCUT2D eigenvalue weighted by Gasteiger charge is 2.27. The summed E-state index contributed by atoms with van der Waals surface area (Å²) in [5, 5.41) is 0. The van der Waals surface area contributed by atoms with Crippen LogP contribution in [0.15, 0.2) is 24.3 Å². The Bertz CT molecular complexity index is 639. The molecule has 0 saturated carbocycles. The molecule has 2 amide bonds. The van der Waals surface area contributed by atoms with Crippen molar-refractivity contribution in [1.29, 1.82) is 0 Å². The summed E-state index contributed by atoms with van der Waals surface area (Å²) in [6.07, 6.45) is 0. The van der Waals surface area contributed by atoms with E-state index in [1.54, 1.807) is 23.6 Å². The number of nitrogens with zero attached hydrogens (tertiary/aromatic N) is 3. The monoisotopic (exact) mass is 347 g/mol. The fourth-order valence-corrected chi connectivity index (χ4v) is 3.83. The van der Waals surface area contributed by atoms with Crippen molar-refractivity contribution in [3.8, 4) is 0 Å². The van der Waals surface area contributed by atoms with Gasteiger partial charge in [-0.2, -0.15) is 0 Å². The predicted octanol–water partition coefficient (Wildman–Crippen LogP) is 1.07. The van der Waals surface area contributed by atoms with Crippen LogP contribution in [-0.4, -0.2) is 71.8 Å². The van der Waals surface area contributed by atoms with E-state index in [-0.39, 0.29) is 24.1 Å². The van der Waals surface area contributed by atoms with Gasteiger partial charge >= 0.3 is 0 Å². The highest BCUT2D eigenvalue weighted by Crippen LogP contribution is 2.19. The molecule has 2 fully saturated rings. The second-order valence-corrected chi connectivity index (χ2v) is 7.00. The number of hydrogen-bond donors (Lipinski definition) is 0. The summed E-state index contributed by atoms with van der Waals surface area (Å²) in [6.45, 7) is 4.58. The van der Waals surface area contributed by atoms with Gasteiger partial charge in [0.05, 0.1) is 11.6 Å². The Morgan fingerprint density at radius 3 is 2.29 bits per heavy atom. The molecule has 0 N–H and O–H groups in total. The van der Waals surface area contributed by atoms with E-state index in [0.717, 1.165) is 18.8 Å². The maximum absolute atomic E-state index is 12.3. The first-order valence-electron chi connectivity index (χ1n) is 8.04. The van der Waals surface area contributed by atoms with Gasteiger partial charge in [-0.15, -0.1) is 11.8 Å². The van der Waals surface area contributed by atoms with Crippen molar-refractivity contribution in [3.63, 3.8) is 0 Å².